The van der Waals surface area contributed by atoms with Crippen molar-refractivity contribution in [3.05, 3.63) is 71.6 Å². The lowest BCUT2D eigenvalue weighted by molar-refractivity contribution is 0.0208. The molecule has 4 aromatic rings. The van der Waals surface area contributed by atoms with Crippen LogP contribution in [0.5, 0.6) is 0 Å². The highest BCUT2D eigenvalue weighted by Gasteiger charge is 2.36. The van der Waals surface area contributed by atoms with Crippen molar-refractivity contribution in [1.82, 2.24) is 29.7 Å². The Bertz CT molecular complexity index is 1690. The lowest BCUT2D eigenvalue weighted by Crippen LogP contribution is -2.36. The van der Waals surface area contributed by atoms with Gasteiger partial charge >= 0.3 is 12.2 Å². The number of benzene rings is 2. The quantitative estimate of drug-likeness (QED) is 0.206. The summed E-state index contributed by atoms with van der Waals surface area (Å²) >= 11 is 0. The highest BCUT2D eigenvalue weighted by atomic mass is 16.6. The number of carbonyl (C=O) groups excluding carboxylic acids is 2. The Morgan fingerprint density at radius 3 is 1.53 bits per heavy atom. The van der Waals surface area contributed by atoms with Gasteiger partial charge in [-0.05, 0) is 119 Å². The number of aromatic nitrogens is 4. The van der Waals surface area contributed by atoms with Gasteiger partial charge < -0.3 is 19.4 Å². The van der Waals surface area contributed by atoms with E-state index in [1.165, 1.54) is 22.3 Å². The van der Waals surface area contributed by atoms with E-state index in [0.29, 0.717) is 13.1 Å². The van der Waals surface area contributed by atoms with Crippen LogP contribution >= 0.6 is 0 Å². The number of rotatable bonds is 4. The summed E-state index contributed by atoms with van der Waals surface area (Å²) in [6, 6.07) is 12.9. The number of imidazole rings is 2. The van der Waals surface area contributed by atoms with Crippen LogP contribution in [0.1, 0.15) is 102 Å². The molecule has 2 aromatic heterocycles. The van der Waals surface area contributed by atoms with Gasteiger partial charge in [0.25, 0.3) is 0 Å². The summed E-state index contributed by atoms with van der Waals surface area (Å²) in [5.41, 5.74) is 7.96. The van der Waals surface area contributed by atoms with Gasteiger partial charge in [0.1, 0.15) is 22.9 Å². The molecule has 2 saturated heterocycles. The van der Waals surface area contributed by atoms with Crippen molar-refractivity contribution in [3.8, 4) is 33.6 Å². The molecule has 2 aliphatic heterocycles. The zero-order chi connectivity index (χ0) is 33.1. The first-order valence-electron chi connectivity index (χ1n) is 16.7. The van der Waals surface area contributed by atoms with Gasteiger partial charge in [-0.25, -0.2) is 19.6 Å². The lowest BCUT2D eigenvalue weighted by atomic mass is 10.0. The zero-order valence-electron chi connectivity index (χ0n) is 28.1. The van der Waals surface area contributed by atoms with Crippen molar-refractivity contribution in [1.29, 1.82) is 0 Å². The molecule has 2 amide bonds. The maximum Gasteiger partial charge on any atom is 0.410 e. The standard InChI is InChI=1S/C37H44N6O4/c1-36(2,3)46-34(44)42-15-7-9-30(42)32-38-20-28(40-32)22-11-13-26-24(17-22)19-25-18-23(12-14-27(25)26)29-21-39-33(41-29)31-10-8-16-43(31)35(45)47-37(4,5)6/h11-14,17-18,20-21,30-31H,7-10,15-16,19H2,1-6H3,(H,38,40)(H,39,41)/t30-,31-/m1/s1. The molecule has 4 heterocycles. The van der Waals surface area contributed by atoms with Crippen LogP contribution in [0.2, 0.25) is 0 Å². The number of carbonyl (C=O) groups is 2. The molecule has 10 nitrogen and oxygen atoms in total. The summed E-state index contributed by atoms with van der Waals surface area (Å²) in [7, 11) is 0. The average Bonchev–Trinajstić information content (AvgIpc) is 3.83. The summed E-state index contributed by atoms with van der Waals surface area (Å²) in [4.78, 5) is 45.7. The van der Waals surface area contributed by atoms with Crippen LogP contribution in [-0.2, 0) is 15.9 Å². The van der Waals surface area contributed by atoms with Crippen molar-refractivity contribution in [3.63, 3.8) is 0 Å². The van der Waals surface area contributed by atoms with E-state index >= 15 is 0 Å². The van der Waals surface area contributed by atoms with Crippen LogP contribution in [0.3, 0.4) is 0 Å². The number of hydrogen-bond acceptors (Lipinski definition) is 6. The Labute approximate surface area is 275 Å². The van der Waals surface area contributed by atoms with E-state index < -0.39 is 11.2 Å². The van der Waals surface area contributed by atoms with Gasteiger partial charge in [0.2, 0.25) is 0 Å². The minimum Gasteiger partial charge on any atom is -0.444 e. The van der Waals surface area contributed by atoms with Gasteiger partial charge in [0.05, 0.1) is 35.9 Å². The van der Waals surface area contributed by atoms with Crippen LogP contribution in [-0.4, -0.2) is 66.2 Å². The molecular weight excluding hydrogens is 592 g/mol. The lowest BCUT2D eigenvalue weighted by Gasteiger charge is -2.27. The summed E-state index contributed by atoms with van der Waals surface area (Å²) in [6.07, 6.45) is 7.54. The van der Waals surface area contributed by atoms with Crippen LogP contribution in [0.25, 0.3) is 33.6 Å². The third kappa shape index (κ3) is 6.25. The Morgan fingerprint density at radius 1 is 0.702 bits per heavy atom. The first-order chi connectivity index (χ1) is 22.3. The van der Waals surface area contributed by atoms with Gasteiger partial charge in [-0.15, -0.1) is 0 Å². The van der Waals surface area contributed by atoms with Gasteiger partial charge in [-0.2, -0.15) is 0 Å². The third-order valence-electron chi connectivity index (χ3n) is 9.09. The highest BCUT2D eigenvalue weighted by Crippen LogP contribution is 2.41. The third-order valence-corrected chi connectivity index (χ3v) is 9.09. The van der Waals surface area contributed by atoms with E-state index in [0.717, 1.165) is 66.3 Å². The Balaban J connectivity index is 1.06. The van der Waals surface area contributed by atoms with Crippen LogP contribution in [0.15, 0.2) is 48.8 Å². The minimum absolute atomic E-state index is 0.118. The number of H-pyrrole nitrogens is 2. The number of nitrogens with zero attached hydrogens (tertiary/aromatic N) is 4. The molecule has 246 valence electrons. The molecule has 3 aliphatic rings. The number of aromatic amines is 2. The second kappa shape index (κ2) is 11.6. The predicted octanol–water partition coefficient (Wildman–Crippen LogP) is 8.18. The first-order valence-corrected chi connectivity index (χ1v) is 16.7. The number of hydrogen-bond donors (Lipinski definition) is 2. The zero-order valence-corrected chi connectivity index (χ0v) is 28.1. The largest absolute Gasteiger partial charge is 0.444 e. The molecule has 0 radical (unpaired) electrons. The summed E-state index contributed by atoms with van der Waals surface area (Å²) in [6.45, 7) is 12.7. The second-order valence-corrected chi connectivity index (χ2v) is 14.9. The van der Waals surface area contributed by atoms with Gasteiger partial charge in [-0.1, -0.05) is 24.3 Å². The van der Waals surface area contributed by atoms with E-state index in [1.54, 1.807) is 9.80 Å². The molecule has 2 atom stereocenters. The fourth-order valence-corrected chi connectivity index (χ4v) is 7.03. The Hall–Kier alpha value is -4.60. The molecule has 2 fully saturated rings. The van der Waals surface area contributed by atoms with E-state index in [9.17, 15) is 9.59 Å². The smallest absolute Gasteiger partial charge is 0.410 e. The maximum atomic E-state index is 12.8. The number of likely N-dealkylation sites (tertiary alicyclic amines) is 2. The molecule has 1 aliphatic carbocycles. The molecule has 2 N–H and O–H groups in total. The van der Waals surface area contributed by atoms with E-state index in [1.807, 2.05) is 53.9 Å². The molecule has 2 aromatic carbocycles. The molecule has 10 heteroatoms. The Kier molecular flexibility index (Phi) is 7.64. The second-order valence-electron chi connectivity index (χ2n) is 14.9. The average molecular weight is 637 g/mol. The molecule has 47 heavy (non-hydrogen) atoms. The van der Waals surface area contributed by atoms with Crippen LogP contribution < -0.4 is 0 Å². The maximum absolute atomic E-state index is 12.8. The van der Waals surface area contributed by atoms with Crippen molar-refractivity contribution in [2.75, 3.05) is 13.1 Å². The molecule has 0 unspecified atom stereocenters. The Morgan fingerprint density at radius 2 is 1.13 bits per heavy atom. The van der Waals surface area contributed by atoms with E-state index in [4.69, 9.17) is 19.4 Å². The topological polar surface area (TPSA) is 116 Å². The predicted molar refractivity (Wildman–Crippen MR) is 180 cm³/mol. The molecule has 0 bridgehead atoms. The number of nitrogens with one attached hydrogen (secondary N) is 2. The fraction of sp³-hybridized carbons (Fsp3) is 0.459. The normalized spacial score (nSPS) is 19.2. The van der Waals surface area contributed by atoms with Crippen LogP contribution in [0, 0.1) is 0 Å². The van der Waals surface area contributed by atoms with E-state index in [2.05, 4.69) is 46.4 Å². The summed E-state index contributed by atoms with van der Waals surface area (Å²) in [5, 5.41) is 0. The fourth-order valence-electron chi connectivity index (χ4n) is 7.03. The SMILES string of the molecule is CC(C)(C)OC(=O)N1CCC[C@@H]1c1ncc(-c2ccc3c(c2)Cc2cc(-c4cnc([C@H]5CCCN5C(=O)OC(C)(C)C)[nH]4)ccc2-3)[nH]1. The number of ether oxygens (including phenoxy) is 2. The first kappa shape index (κ1) is 31.0. The molecule has 0 spiro atoms. The van der Waals surface area contributed by atoms with E-state index in [-0.39, 0.29) is 24.3 Å². The van der Waals surface area contributed by atoms with Crippen LogP contribution in [0.4, 0.5) is 9.59 Å². The van der Waals surface area contributed by atoms with Gasteiger partial charge in [-0.3, -0.25) is 9.80 Å². The van der Waals surface area contributed by atoms with Gasteiger partial charge in [0, 0.05) is 13.1 Å². The number of fused-ring (bicyclic) bond motifs is 3. The highest BCUT2D eigenvalue weighted by molar-refractivity contribution is 5.82. The molecular formula is C37H44N6O4. The van der Waals surface area contributed by atoms with Crippen molar-refractivity contribution in [2.45, 2.75) is 96.9 Å². The van der Waals surface area contributed by atoms with Gasteiger partial charge in [0.15, 0.2) is 0 Å². The van der Waals surface area contributed by atoms with Crippen molar-refractivity contribution >= 4 is 12.2 Å². The summed E-state index contributed by atoms with van der Waals surface area (Å²) in [5.74, 6) is 1.59. The molecule has 7 rings (SSSR count). The molecule has 0 saturated carbocycles. The van der Waals surface area contributed by atoms with Crippen molar-refractivity contribution in [2.24, 2.45) is 0 Å². The monoisotopic (exact) mass is 636 g/mol. The number of amides is 2. The summed E-state index contributed by atoms with van der Waals surface area (Å²) < 4.78 is 11.3. The minimum atomic E-state index is -0.538. The van der Waals surface area contributed by atoms with Crippen molar-refractivity contribution < 1.29 is 19.1 Å².